The number of hydrogen-bond acceptors (Lipinski definition) is 4. The number of nitrogens with zero attached hydrogens (tertiary/aromatic N) is 3. The van der Waals surface area contributed by atoms with Gasteiger partial charge in [0.15, 0.2) is 0 Å². The largest absolute Gasteiger partial charge is 0.324 e. The van der Waals surface area contributed by atoms with Crippen LogP contribution in [0.25, 0.3) is 11.0 Å². The molecule has 0 saturated carbocycles. The Kier molecular flexibility index (Phi) is 3.27. The van der Waals surface area contributed by atoms with Crippen LogP contribution in [0, 0.1) is 0 Å². The summed E-state index contributed by atoms with van der Waals surface area (Å²) in [5, 5.41) is 7.76. The van der Waals surface area contributed by atoms with E-state index in [1.165, 1.54) is 5.69 Å². The number of aromatic nitrogens is 3. The molecule has 1 atom stereocenters. The van der Waals surface area contributed by atoms with Crippen LogP contribution in [0.2, 0.25) is 0 Å². The lowest BCUT2D eigenvalue weighted by Gasteiger charge is -2.22. The minimum Gasteiger partial charge on any atom is -0.324 e. The molecule has 0 amide bonds. The van der Waals surface area contributed by atoms with E-state index in [4.69, 9.17) is 4.98 Å². The molecule has 0 spiro atoms. The number of rotatable bonds is 2. The predicted octanol–water partition coefficient (Wildman–Crippen LogP) is 3.21. The lowest BCUT2D eigenvalue weighted by Crippen LogP contribution is -2.29. The molecule has 4 rings (SSSR count). The van der Waals surface area contributed by atoms with Gasteiger partial charge in [-0.15, -0.1) is 0 Å². The first kappa shape index (κ1) is 13.0. The summed E-state index contributed by atoms with van der Waals surface area (Å²) in [6.07, 6.45) is 1.89. The fourth-order valence-corrected chi connectivity index (χ4v) is 3.57. The van der Waals surface area contributed by atoms with E-state index >= 15 is 0 Å². The van der Waals surface area contributed by atoms with Gasteiger partial charge in [-0.2, -0.15) is 4.98 Å². The zero-order valence-electron chi connectivity index (χ0n) is 11.3. The minimum atomic E-state index is 0.378. The highest BCUT2D eigenvalue weighted by Crippen LogP contribution is 2.29. The summed E-state index contributed by atoms with van der Waals surface area (Å²) in [6.45, 7) is 1.85. The Hall–Kier alpha value is -1.67. The van der Waals surface area contributed by atoms with Crippen molar-refractivity contribution in [1.29, 1.82) is 0 Å². The predicted molar refractivity (Wildman–Crippen MR) is 92.0 cm³/mol. The van der Waals surface area contributed by atoms with Crippen LogP contribution in [-0.4, -0.2) is 21.1 Å². The molecule has 1 unspecified atom stereocenters. The number of hydrogen-bond donors (Lipinski definition) is 2. The second-order valence-electron chi connectivity index (χ2n) is 5.03. The molecule has 1 aromatic carbocycles. The zero-order chi connectivity index (χ0) is 14.2. The molecule has 0 saturated heterocycles. The Morgan fingerprint density at radius 3 is 3.00 bits per heavy atom. The number of halogens is 1. The van der Waals surface area contributed by atoms with Gasteiger partial charge >= 0.3 is 0 Å². The summed E-state index contributed by atoms with van der Waals surface area (Å²) in [4.78, 5) is 9.11. The van der Waals surface area contributed by atoms with Gasteiger partial charge in [-0.25, -0.2) is 4.98 Å². The number of fused-ring (bicyclic) bond motifs is 3. The molecule has 0 radical (unpaired) electrons. The molecule has 3 aromatic rings. The molecule has 0 fully saturated rings. The molecule has 0 bridgehead atoms. The quantitative estimate of drug-likeness (QED) is 0.521. The second-order valence-corrected chi connectivity index (χ2v) is 6.47. The summed E-state index contributed by atoms with van der Waals surface area (Å²) in [6, 6.07) is 12.2. The average Bonchev–Trinajstić information content (AvgIpc) is 2.87. The van der Waals surface area contributed by atoms with Crippen molar-refractivity contribution in [3.63, 3.8) is 0 Å². The van der Waals surface area contributed by atoms with Crippen molar-refractivity contribution in [1.82, 2.24) is 19.9 Å². The van der Waals surface area contributed by atoms with E-state index < -0.39 is 0 Å². The lowest BCUT2D eigenvalue weighted by molar-refractivity contribution is 0.528. The third-order valence-corrected chi connectivity index (χ3v) is 4.58. The molecule has 0 aliphatic carbocycles. The third-order valence-electron chi connectivity index (χ3n) is 3.58. The van der Waals surface area contributed by atoms with E-state index in [1.807, 2.05) is 36.5 Å². The van der Waals surface area contributed by atoms with Crippen molar-refractivity contribution >= 4 is 45.3 Å². The van der Waals surface area contributed by atoms with Crippen molar-refractivity contribution < 1.29 is 0 Å². The van der Waals surface area contributed by atoms with Crippen LogP contribution in [0.1, 0.15) is 9.74 Å². The number of nitrogens with one attached hydrogen (secondary N) is 2. The molecule has 6 heteroatoms. The van der Waals surface area contributed by atoms with Gasteiger partial charge in [0.2, 0.25) is 5.95 Å². The normalized spacial score (nSPS) is 17.7. The Labute approximate surface area is 135 Å². The SMILES string of the molecule is IC1CNCc2cc3cnc(Nc4ccccc4)nc3n21. The van der Waals surface area contributed by atoms with Crippen LogP contribution >= 0.6 is 22.6 Å². The van der Waals surface area contributed by atoms with Gasteiger partial charge in [0, 0.05) is 36.1 Å². The summed E-state index contributed by atoms with van der Waals surface area (Å²) in [7, 11) is 0. The molecule has 5 nitrogen and oxygen atoms in total. The zero-order valence-corrected chi connectivity index (χ0v) is 13.4. The number of anilines is 2. The van der Waals surface area contributed by atoms with Gasteiger partial charge < -0.3 is 15.2 Å². The number of benzene rings is 1. The van der Waals surface area contributed by atoms with Crippen LogP contribution < -0.4 is 10.6 Å². The van der Waals surface area contributed by atoms with Gasteiger partial charge in [-0.3, -0.25) is 0 Å². The maximum absolute atomic E-state index is 4.70. The molecule has 106 valence electrons. The summed E-state index contributed by atoms with van der Waals surface area (Å²) in [5.41, 5.74) is 3.26. The van der Waals surface area contributed by atoms with Crippen molar-refractivity contribution in [3.05, 3.63) is 48.3 Å². The van der Waals surface area contributed by atoms with Crippen molar-refractivity contribution in [2.24, 2.45) is 0 Å². The smallest absolute Gasteiger partial charge is 0.229 e. The Morgan fingerprint density at radius 2 is 2.14 bits per heavy atom. The highest BCUT2D eigenvalue weighted by atomic mass is 127. The van der Waals surface area contributed by atoms with E-state index in [2.05, 4.69) is 48.8 Å². The number of alkyl halides is 1. The topological polar surface area (TPSA) is 54.8 Å². The van der Waals surface area contributed by atoms with Gasteiger partial charge in [-0.1, -0.05) is 40.8 Å². The maximum Gasteiger partial charge on any atom is 0.229 e. The Balaban J connectivity index is 1.77. The summed E-state index contributed by atoms with van der Waals surface area (Å²) in [5.74, 6) is 0.636. The standard InChI is InChI=1S/C15H14IN5/c16-13-9-17-8-12-6-10-7-18-15(20-14(10)21(12)13)19-11-4-2-1-3-5-11/h1-7,13,17H,8-9H2,(H,18,19,20). The fraction of sp³-hybridized carbons (Fsp3) is 0.200. The highest BCUT2D eigenvalue weighted by Gasteiger charge is 2.20. The molecule has 3 heterocycles. The Bertz CT molecular complexity index is 783. The van der Waals surface area contributed by atoms with Crippen molar-refractivity contribution in [2.45, 2.75) is 10.6 Å². The summed E-state index contributed by atoms with van der Waals surface area (Å²) < 4.78 is 2.67. The third kappa shape index (κ3) is 2.38. The monoisotopic (exact) mass is 391 g/mol. The molecule has 1 aliphatic rings. The van der Waals surface area contributed by atoms with Gasteiger partial charge in [0.25, 0.3) is 0 Å². The van der Waals surface area contributed by atoms with E-state index in [1.54, 1.807) is 0 Å². The molecule has 21 heavy (non-hydrogen) atoms. The second kappa shape index (κ2) is 5.27. The first-order valence-corrected chi connectivity index (χ1v) is 8.09. The molecule has 1 aliphatic heterocycles. The van der Waals surface area contributed by atoms with E-state index in [-0.39, 0.29) is 0 Å². The fourth-order valence-electron chi connectivity index (χ4n) is 2.63. The van der Waals surface area contributed by atoms with Gasteiger partial charge in [-0.05, 0) is 18.2 Å². The lowest BCUT2D eigenvalue weighted by atomic mass is 10.3. The average molecular weight is 391 g/mol. The van der Waals surface area contributed by atoms with Crippen molar-refractivity contribution in [3.8, 4) is 0 Å². The maximum atomic E-state index is 4.70. The minimum absolute atomic E-state index is 0.378. The van der Waals surface area contributed by atoms with E-state index in [0.29, 0.717) is 10.00 Å². The van der Waals surface area contributed by atoms with Gasteiger partial charge in [0.1, 0.15) is 5.65 Å². The highest BCUT2D eigenvalue weighted by molar-refractivity contribution is 14.1. The first-order valence-electron chi connectivity index (χ1n) is 6.85. The van der Waals surface area contributed by atoms with Crippen LogP contribution in [0.4, 0.5) is 11.6 Å². The molecule has 2 aromatic heterocycles. The van der Waals surface area contributed by atoms with E-state index in [0.717, 1.165) is 29.8 Å². The van der Waals surface area contributed by atoms with Gasteiger partial charge in [0.05, 0.1) is 4.05 Å². The molecular formula is C15H14IN5. The first-order chi connectivity index (χ1) is 10.3. The van der Waals surface area contributed by atoms with Crippen LogP contribution in [0.5, 0.6) is 0 Å². The molecular weight excluding hydrogens is 377 g/mol. The van der Waals surface area contributed by atoms with Crippen LogP contribution in [0.3, 0.4) is 0 Å². The van der Waals surface area contributed by atoms with E-state index in [9.17, 15) is 0 Å². The van der Waals surface area contributed by atoms with Crippen LogP contribution in [0.15, 0.2) is 42.6 Å². The number of para-hydroxylation sites is 1. The Morgan fingerprint density at radius 1 is 1.29 bits per heavy atom. The summed E-state index contributed by atoms with van der Waals surface area (Å²) >= 11 is 2.45. The van der Waals surface area contributed by atoms with Crippen molar-refractivity contribution in [2.75, 3.05) is 11.9 Å². The van der Waals surface area contributed by atoms with Crippen LogP contribution in [-0.2, 0) is 6.54 Å². The molecule has 2 N–H and O–H groups in total.